The van der Waals surface area contributed by atoms with Gasteiger partial charge in [0.05, 0.1) is 16.6 Å². The van der Waals surface area contributed by atoms with Gasteiger partial charge < -0.3 is 10.2 Å². The molecule has 0 aromatic carbocycles. The monoisotopic (exact) mass is 329 g/mol. The van der Waals surface area contributed by atoms with E-state index in [2.05, 4.69) is 20.3 Å². The fourth-order valence-electron chi connectivity index (χ4n) is 3.53. The molecule has 3 heterocycles. The molecule has 0 unspecified atom stereocenters. The van der Waals surface area contributed by atoms with Gasteiger partial charge in [-0.25, -0.2) is 4.98 Å². The number of amides is 1. The van der Waals surface area contributed by atoms with Crippen LogP contribution in [0.5, 0.6) is 0 Å². The van der Waals surface area contributed by atoms with Crippen LogP contribution in [0.1, 0.15) is 47.4 Å². The van der Waals surface area contributed by atoms with Crippen LogP contribution >= 0.6 is 0 Å². The maximum absolute atomic E-state index is 12.6. The van der Waals surface area contributed by atoms with Crippen LogP contribution in [0.15, 0.2) is 6.07 Å². The first kappa shape index (κ1) is 16.9. The highest BCUT2D eigenvalue weighted by molar-refractivity contribution is 6.06. The van der Waals surface area contributed by atoms with E-state index in [1.807, 2.05) is 27.0 Å². The zero-order chi connectivity index (χ0) is 17.1. The summed E-state index contributed by atoms with van der Waals surface area (Å²) in [5.74, 6) is -0.0276. The summed E-state index contributed by atoms with van der Waals surface area (Å²) >= 11 is 0. The SMILES string of the molecule is Cc1cc(C(=O)NCCCN2CCCCC2)c2c(C)nn(C)c2n1. The van der Waals surface area contributed by atoms with Gasteiger partial charge in [-0.2, -0.15) is 5.10 Å². The lowest BCUT2D eigenvalue weighted by Gasteiger charge is -2.26. The maximum Gasteiger partial charge on any atom is 0.252 e. The highest BCUT2D eigenvalue weighted by Gasteiger charge is 2.17. The van der Waals surface area contributed by atoms with Gasteiger partial charge in [0.15, 0.2) is 5.65 Å². The second-order valence-electron chi connectivity index (χ2n) is 6.73. The number of carbonyl (C=O) groups excluding carboxylic acids is 1. The van der Waals surface area contributed by atoms with E-state index in [4.69, 9.17) is 0 Å². The second kappa shape index (κ2) is 7.30. The Bertz CT molecular complexity index is 731. The van der Waals surface area contributed by atoms with Crippen molar-refractivity contribution in [1.29, 1.82) is 0 Å². The molecule has 1 aliphatic rings. The third-order valence-corrected chi connectivity index (χ3v) is 4.73. The number of aromatic nitrogens is 3. The Balaban J connectivity index is 1.63. The quantitative estimate of drug-likeness (QED) is 0.854. The molecule has 3 rings (SSSR count). The summed E-state index contributed by atoms with van der Waals surface area (Å²) in [6.45, 7) is 8.01. The van der Waals surface area contributed by atoms with Gasteiger partial charge in [0.2, 0.25) is 0 Å². The molecule has 1 N–H and O–H groups in total. The highest BCUT2D eigenvalue weighted by Crippen LogP contribution is 2.21. The van der Waals surface area contributed by atoms with E-state index in [1.54, 1.807) is 4.68 Å². The Morgan fingerprint density at radius 3 is 2.75 bits per heavy atom. The van der Waals surface area contributed by atoms with Gasteiger partial charge in [0.25, 0.3) is 5.91 Å². The first-order chi connectivity index (χ1) is 11.6. The van der Waals surface area contributed by atoms with E-state index < -0.39 is 0 Å². The number of likely N-dealkylation sites (tertiary alicyclic amines) is 1. The Hall–Kier alpha value is -1.95. The van der Waals surface area contributed by atoms with Crippen LogP contribution in [0.2, 0.25) is 0 Å². The molecule has 0 bridgehead atoms. The lowest BCUT2D eigenvalue weighted by molar-refractivity contribution is 0.0952. The fourth-order valence-corrected chi connectivity index (χ4v) is 3.53. The minimum atomic E-state index is -0.0276. The van der Waals surface area contributed by atoms with Crippen molar-refractivity contribution in [3.63, 3.8) is 0 Å². The van der Waals surface area contributed by atoms with Crippen molar-refractivity contribution < 1.29 is 4.79 Å². The van der Waals surface area contributed by atoms with Crippen LogP contribution in [-0.2, 0) is 7.05 Å². The van der Waals surface area contributed by atoms with Crippen LogP contribution < -0.4 is 5.32 Å². The summed E-state index contributed by atoms with van der Waals surface area (Å²) in [7, 11) is 1.86. The summed E-state index contributed by atoms with van der Waals surface area (Å²) in [4.78, 5) is 19.6. The number of hydrogen-bond donors (Lipinski definition) is 1. The van der Waals surface area contributed by atoms with E-state index in [0.717, 1.165) is 35.4 Å². The Labute approximate surface area is 143 Å². The third-order valence-electron chi connectivity index (χ3n) is 4.73. The highest BCUT2D eigenvalue weighted by atomic mass is 16.1. The number of nitrogens with zero attached hydrogens (tertiary/aromatic N) is 4. The van der Waals surface area contributed by atoms with Crippen molar-refractivity contribution in [3.8, 4) is 0 Å². The zero-order valence-corrected chi connectivity index (χ0v) is 14.9. The summed E-state index contributed by atoms with van der Waals surface area (Å²) < 4.78 is 1.74. The standard InChI is InChI=1S/C18H27N5O/c1-13-12-15(16-14(2)21-22(3)17(16)20-13)18(24)19-8-7-11-23-9-5-4-6-10-23/h12H,4-11H2,1-3H3,(H,19,24). The van der Waals surface area contributed by atoms with E-state index >= 15 is 0 Å². The minimum Gasteiger partial charge on any atom is -0.352 e. The maximum atomic E-state index is 12.6. The summed E-state index contributed by atoms with van der Waals surface area (Å²) in [5, 5.41) is 8.32. The molecule has 0 atom stereocenters. The van der Waals surface area contributed by atoms with E-state index in [1.165, 1.54) is 32.4 Å². The second-order valence-corrected chi connectivity index (χ2v) is 6.73. The van der Waals surface area contributed by atoms with Crippen molar-refractivity contribution in [2.75, 3.05) is 26.2 Å². The number of hydrogen-bond acceptors (Lipinski definition) is 4. The van der Waals surface area contributed by atoms with Crippen molar-refractivity contribution in [2.24, 2.45) is 7.05 Å². The molecule has 2 aromatic rings. The topological polar surface area (TPSA) is 63.1 Å². The van der Waals surface area contributed by atoms with Gasteiger partial charge in [0.1, 0.15) is 0 Å². The summed E-state index contributed by atoms with van der Waals surface area (Å²) in [5.41, 5.74) is 3.13. The number of fused-ring (bicyclic) bond motifs is 1. The molecule has 1 amide bonds. The smallest absolute Gasteiger partial charge is 0.252 e. The van der Waals surface area contributed by atoms with Gasteiger partial charge in [-0.1, -0.05) is 6.42 Å². The lowest BCUT2D eigenvalue weighted by Crippen LogP contribution is -2.33. The normalized spacial score (nSPS) is 15.8. The third kappa shape index (κ3) is 3.59. The van der Waals surface area contributed by atoms with Crippen LogP contribution in [0, 0.1) is 13.8 Å². The van der Waals surface area contributed by atoms with Crippen molar-refractivity contribution in [2.45, 2.75) is 39.5 Å². The summed E-state index contributed by atoms with van der Waals surface area (Å²) in [6.07, 6.45) is 4.96. The van der Waals surface area contributed by atoms with Crippen LogP contribution in [0.25, 0.3) is 11.0 Å². The lowest BCUT2D eigenvalue weighted by atomic mass is 10.1. The van der Waals surface area contributed by atoms with Crippen molar-refractivity contribution >= 4 is 16.9 Å². The molecule has 130 valence electrons. The van der Waals surface area contributed by atoms with E-state index in [9.17, 15) is 4.79 Å². The van der Waals surface area contributed by atoms with Gasteiger partial charge in [-0.05, 0) is 58.8 Å². The molecule has 0 saturated carbocycles. The molecule has 2 aromatic heterocycles. The number of rotatable bonds is 5. The largest absolute Gasteiger partial charge is 0.352 e. The van der Waals surface area contributed by atoms with Crippen molar-refractivity contribution in [1.82, 2.24) is 25.0 Å². The van der Waals surface area contributed by atoms with Gasteiger partial charge in [-0.15, -0.1) is 0 Å². The predicted molar refractivity (Wildman–Crippen MR) is 95.2 cm³/mol. The molecule has 0 radical (unpaired) electrons. The number of carbonyl (C=O) groups is 1. The number of pyridine rings is 1. The molecule has 0 aliphatic carbocycles. The zero-order valence-electron chi connectivity index (χ0n) is 14.9. The van der Waals surface area contributed by atoms with Crippen molar-refractivity contribution in [3.05, 3.63) is 23.0 Å². The Kier molecular flexibility index (Phi) is 5.14. The first-order valence-corrected chi connectivity index (χ1v) is 8.88. The van der Waals surface area contributed by atoms with Crippen LogP contribution in [0.4, 0.5) is 0 Å². The molecular weight excluding hydrogens is 302 g/mol. The van der Waals surface area contributed by atoms with Gasteiger partial charge in [0, 0.05) is 19.3 Å². The fraction of sp³-hybridized carbons (Fsp3) is 0.611. The molecule has 6 nitrogen and oxygen atoms in total. The van der Waals surface area contributed by atoms with E-state index in [-0.39, 0.29) is 5.91 Å². The molecule has 0 spiro atoms. The molecule has 6 heteroatoms. The van der Waals surface area contributed by atoms with Crippen LogP contribution in [-0.4, -0.2) is 51.8 Å². The van der Waals surface area contributed by atoms with Gasteiger partial charge >= 0.3 is 0 Å². The average molecular weight is 329 g/mol. The van der Waals surface area contributed by atoms with Crippen LogP contribution in [0.3, 0.4) is 0 Å². The minimum absolute atomic E-state index is 0.0276. The summed E-state index contributed by atoms with van der Waals surface area (Å²) in [6, 6.07) is 1.86. The first-order valence-electron chi connectivity index (χ1n) is 8.88. The number of aryl methyl sites for hydroxylation is 3. The number of nitrogens with one attached hydrogen (secondary N) is 1. The Morgan fingerprint density at radius 1 is 1.25 bits per heavy atom. The molecule has 1 aliphatic heterocycles. The van der Waals surface area contributed by atoms with Gasteiger partial charge in [-0.3, -0.25) is 9.48 Å². The Morgan fingerprint density at radius 2 is 2.00 bits per heavy atom. The molecule has 1 saturated heterocycles. The number of piperidine rings is 1. The van der Waals surface area contributed by atoms with E-state index in [0.29, 0.717) is 12.1 Å². The molecule has 24 heavy (non-hydrogen) atoms. The molecular formula is C18H27N5O. The average Bonchev–Trinajstić information content (AvgIpc) is 2.86. The molecule has 1 fully saturated rings. The predicted octanol–water partition coefficient (Wildman–Crippen LogP) is 2.19.